The zero-order valence-corrected chi connectivity index (χ0v) is 12.6. The number of hydrogen-bond donors (Lipinski definition) is 2. The lowest BCUT2D eigenvalue weighted by molar-refractivity contribution is 0.120. The molecule has 0 amide bonds. The molecular weight excluding hydrogens is 292 g/mol. The first-order valence-electron chi connectivity index (χ1n) is 7.26. The van der Waals surface area contributed by atoms with E-state index in [0.29, 0.717) is 12.4 Å². The van der Waals surface area contributed by atoms with Crippen molar-refractivity contribution in [1.29, 1.82) is 0 Å². The van der Waals surface area contributed by atoms with Gasteiger partial charge in [0.05, 0.1) is 17.6 Å². The summed E-state index contributed by atoms with van der Waals surface area (Å²) < 4.78 is 28.4. The summed E-state index contributed by atoms with van der Waals surface area (Å²) in [6.07, 6.45) is 4.70. The molecule has 0 saturated carbocycles. The fraction of sp³-hybridized carbons (Fsp3) is 0.692. The Morgan fingerprint density at radius 3 is 3.00 bits per heavy atom. The Morgan fingerprint density at radius 2 is 2.29 bits per heavy atom. The number of nitrogens with one attached hydrogen (secondary N) is 2. The minimum Gasteiger partial charge on any atom is -0.376 e. The average molecular weight is 312 g/mol. The van der Waals surface area contributed by atoms with Crippen molar-refractivity contribution in [2.24, 2.45) is 0 Å². The normalized spacial score (nSPS) is 27.6. The quantitative estimate of drug-likeness (QED) is 0.825. The van der Waals surface area contributed by atoms with Crippen molar-refractivity contribution in [3.05, 3.63) is 12.3 Å². The maximum absolute atomic E-state index is 11.4. The van der Waals surface area contributed by atoms with E-state index in [0.717, 1.165) is 31.8 Å². The van der Waals surface area contributed by atoms with Crippen LogP contribution in [0.4, 0.5) is 11.8 Å². The van der Waals surface area contributed by atoms with Gasteiger partial charge >= 0.3 is 0 Å². The fourth-order valence-electron chi connectivity index (χ4n) is 2.64. The highest BCUT2D eigenvalue weighted by atomic mass is 32.2. The summed E-state index contributed by atoms with van der Waals surface area (Å²) in [7, 11) is -2.90. The van der Waals surface area contributed by atoms with Crippen LogP contribution in [-0.4, -0.2) is 55.2 Å². The molecule has 2 N–H and O–H groups in total. The maximum Gasteiger partial charge on any atom is 0.224 e. The molecule has 8 heteroatoms. The Balaban J connectivity index is 1.55. The largest absolute Gasteiger partial charge is 0.376 e. The third-order valence-electron chi connectivity index (χ3n) is 3.76. The van der Waals surface area contributed by atoms with Crippen LogP contribution in [0.5, 0.6) is 0 Å². The number of sulfone groups is 1. The molecule has 2 aliphatic rings. The molecule has 1 aromatic rings. The predicted octanol–water partition coefficient (Wildman–Crippen LogP) is 0.666. The first-order valence-corrected chi connectivity index (χ1v) is 9.08. The molecule has 0 bridgehead atoms. The number of aromatic nitrogens is 2. The van der Waals surface area contributed by atoms with E-state index in [9.17, 15) is 8.42 Å². The lowest BCUT2D eigenvalue weighted by Gasteiger charge is -2.13. The predicted molar refractivity (Wildman–Crippen MR) is 80.2 cm³/mol. The minimum atomic E-state index is -2.90. The molecule has 2 saturated heterocycles. The summed E-state index contributed by atoms with van der Waals surface area (Å²) in [4.78, 5) is 8.50. The van der Waals surface area contributed by atoms with Gasteiger partial charge < -0.3 is 15.4 Å². The molecule has 3 rings (SSSR count). The van der Waals surface area contributed by atoms with Crippen LogP contribution in [0.1, 0.15) is 19.3 Å². The molecule has 7 nitrogen and oxygen atoms in total. The van der Waals surface area contributed by atoms with E-state index in [-0.39, 0.29) is 23.7 Å². The summed E-state index contributed by atoms with van der Waals surface area (Å²) in [5.41, 5.74) is 0. The number of hydrogen-bond acceptors (Lipinski definition) is 7. The van der Waals surface area contributed by atoms with Crippen LogP contribution in [0.3, 0.4) is 0 Å². The maximum atomic E-state index is 11.4. The van der Waals surface area contributed by atoms with Gasteiger partial charge in [0, 0.05) is 25.4 Å². The second-order valence-corrected chi connectivity index (χ2v) is 7.75. The number of ether oxygens (including phenoxy) is 1. The van der Waals surface area contributed by atoms with Crippen molar-refractivity contribution in [2.75, 3.05) is 35.3 Å². The molecule has 3 heterocycles. The van der Waals surface area contributed by atoms with Crippen molar-refractivity contribution >= 4 is 21.6 Å². The second kappa shape index (κ2) is 6.15. The fourth-order valence-corrected chi connectivity index (χ4v) is 4.32. The summed E-state index contributed by atoms with van der Waals surface area (Å²) >= 11 is 0. The zero-order valence-electron chi connectivity index (χ0n) is 11.8. The van der Waals surface area contributed by atoms with Crippen molar-refractivity contribution in [2.45, 2.75) is 31.4 Å². The van der Waals surface area contributed by atoms with Crippen LogP contribution < -0.4 is 10.6 Å². The number of rotatable bonds is 5. The van der Waals surface area contributed by atoms with Crippen LogP contribution in [0.25, 0.3) is 0 Å². The van der Waals surface area contributed by atoms with Crippen LogP contribution in [0, 0.1) is 0 Å². The van der Waals surface area contributed by atoms with E-state index in [4.69, 9.17) is 4.74 Å². The van der Waals surface area contributed by atoms with E-state index < -0.39 is 9.84 Å². The lowest BCUT2D eigenvalue weighted by Crippen LogP contribution is -2.23. The summed E-state index contributed by atoms with van der Waals surface area (Å²) in [5, 5.41) is 6.33. The molecule has 116 valence electrons. The van der Waals surface area contributed by atoms with Crippen LogP contribution in [0.2, 0.25) is 0 Å². The Hall–Kier alpha value is -1.41. The SMILES string of the molecule is O=S1(=O)CCC(Nc2nccc(NCC3CCCO3)n2)C1. The van der Waals surface area contributed by atoms with Gasteiger partial charge in [0.15, 0.2) is 9.84 Å². The molecule has 2 atom stereocenters. The van der Waals surface area contributed by atoms with Gasteiger partial charge in [-0.2, -0.15) is 4.98 Å². The van der Waals surface area contributed by atoms with Crippen molar-refractivity contribution < 1.29 is 13.2 Å². The summed E-state index contributed by atoms with van der Waals surface area (Å²) in [6.45, 7) is 1.56. The standard InChI is InChI=1S/C13H20N4O3S/c18-21(19)7-4-10(9-21)16-13-14-5-3-12(17-13)15-8-11-2-1-6-20-11/h3,5,10-11H,1-2,4,6-9H2,(H2,14,15,16,17). The third kappa shape index (κ3) is 4.04. The Bertz CT molecular complexity index is 587. The smallest absolute Gasteiger partial charge is 0.224 e. The second-order valence-electron chi connectivity index (χ2n) is 5.53. The molecule has 1 aromatic heterocycles. The molecule has 0 spiro atoms. The number of nitrogens with zero attached hydrogens (tertiary/aromatic N) is 2. The molecule has 2 fully saturated rings. The van der Waals surface area contributed by atoms with Gasteiger partial charge in [-0.15, -0.1) is 0 Å². The molecule has 2 unspecified atom stereocenters. The van der Waals surface area contributed by atoms with Crippen LogP contribution >= 0.6 is 0 Å². The first-order chi connectivity index (χ1) is 10.1. The Morgan fingerprint density at radius 1 is 1.38 bits per heavy atom. The van der Waals surface area contributed by atoms with E-state index in [2.05, 4.69) is 20.6 Å². The highest BCUT2D eigenvalue weighted by molar-refractivity contribution is 7.91. The monoisotopic (exact) mass is 312 g/mol. The van der Waals surface area contributed by atoms with Crippen molar-refractivity contribution in [3.8, 4) is 0 Å². The van der Waals surface area contributed by atoms with Crippen molar-refractivity contribution in [1.82, 2.24) is 9.97 Å². The van der Waals surface area contributed by atoms with E-state index >= 15 is 0 Å². The summed E-state index contributed by atoms with van der Waals surface area (Å²) in [6, 6.07) is 1.70. The lowest BCUT2D eigenvalue weighted by atomic mass is 10.2. The highest BCUT2D eigenvalue weighted by Crippen LogP contribution is 2.17. The van der Waals surface area contributed by atoms with Gasteiger partial charge in [-0.3, -0.25) is 0 Å². The van der Waals surface area contributed by atoms with Gasteiger partial charge in [0.2, 0.25) is 5.95 Å². The average Bonchev–Trinajstić information content (AvgIpc) is 3.07. The highest BCUT2D eigenvalue weighted by Gasteiger charge is 2.28. The topological polar surface area (TPSA) is 93.2 Å². The van der Waals surface area contributed by atoms with Gasteiger partial charge in [-0.25, -0.2) is 13.4 Å². The van der Waals surface area contributed by atoms with E-state index in [1.54, 1.807) is 12.3 Å². The zero-order chi connectivity index (χ0) is 14.7. The molecule has 21 heavy (non-hydrogen) atoms. The van der Waals surface area contributed by atoms with Gasteiger partial charge in [-0.05, 0) is 25.3 Å². The summed E-state index contributed by atoms with van der Waals surface area (Å²) in [5.74, 6) is 1.59. The molecule has 0 aliphatic carbocycles. The number of anilines is 2. The molecule has 2 aliphatic heterocycles. The van der Waals surface area contributed by atoms with Gasteiger partial charge in [0.25, 0.3) is 0 Å². The van der Waals surface area contributed by atoms with Crippen LogP contribution in [-0.2, 0) is 14.6 Å². The van der Waals surface area contributed by atoms with Crippen molar-refractivity contribution in [3.63, 3.8) is 0 Å². The Labute approximate surface area is 124 Å². The van der Waals surface area contributed by atoms with Gasteiger partial charge in [0.1, 0.15) is 5.82 Å². The molecular formula is C13H20N4O3S. The van der Waals surface area contributed by atoms with Crippen LogP contribution in [0.15, 0.2) is 12.3 Å². The first kappa shape index (κ1) is 14.5. The van der Waals surface area contributed by atoms with E-state index in [1.165, 1.54) is 0 Å². The van der Waals surface area contributed by atoms with Gasteiger partial charge in [-0.1, -0.05) is 0 Å². The van der Waals surface area contributed by atoms with E-state index in [1.807, 2.05) is 0 Å². The Kier molecular flexibility index (Phi) is 4.25. The third-order valence-corrected chi connectivity index (χ3v) is 5.52. The molecule has 0 radical (unpaired) electrons. The minimum absolute atomic E-state index is 0.0941. The molecule has 0 aromatic carbocycles.